The summed E-state index contributed by atoms with van der Waals surface area (Å²) in [5.41, 5.74) is -0.583. The molecule has 1 heterocycles. The maximum Gasteiger partial charge on any atom is 0.243 e. The van der Waals surface area contributed by atoms with E-state index in [-0.39, 0.29) is 17.7 Å². The van der Waals surface area contributed by atoms with Crippen LogP contribution >= 0.6 is 11.8 Å². The Balaban J connectivity index is 2.84. The first-order valence-electron chi connectivity index (χ1n) is 7.04. The van der Waals surface area contributed by atoms with E-state index in [9.17, 15) is 14.9 Å². The zero-order valence-corrected chi connectivity index (χ0v) is 14.4. The van der Waals surface area contributed by atoms with Gasteiger partial charge in [-0.2, -0.15) is 10.5 Å². The number of hydrogen-bond acceptors (Lipinski definition) is 6. The SMILES string of the molecule is COCC(C)NC(=O)CSC1=C(C#N)C(C)(C)C(C#N)C(=O)N1. The van der Waals surface area contributed by atoms with Gasteiger partial charge in [-0.25, -0.2) is 0 Å². The van der Waals surface area contributed by atoms with E-state index in [1.54, 1.807) is 21.0 Å². The Labute approximate surface area is 140 Å². The van der Waals surface area contributed by atoms with Crippen molar-refractivity contribution in [1.29, 1.82) is 10.5 Å². The van der Waals surface area contributed by atoms with Gasteiger partial charge in [0.2, 0.25) is 11.8 Å². The topological polar surface area (TPSA) is 115 Å². The first-order valence-corrected chi connectivity index (χ1v) is 8.02. The van der Waals surface area contributed by atoms with Crippen LogP contribution in [0.15, 0.2) is 10.6 Å². The Morgan fingerprint density at radius 2 is 2.17 bits per heavy atom. The highest BCUT2D eigenvalue weighted by molar-refractivity contribution is 8.03. The molecule has 0 aromatic rings. The van der Waals surface area contributed by atoms with Crippen LogP contribution in [-0.2, 0) is 14.3 Å². The van der Waals surface area contributed by atoms with Gasteiger partial charge in [0, 0.05) is 18.6 Å². The number of nitrogens with zero attached hydrogens (tertiary/aromatic N) is 2. The quantitative estimate of drug-likeness (QED) is 0.745. The lowest BCUT2D eigenvalue weighted by Crippen LogP contribution is -2.45. The molecule has 0 saturated carbocycles. The van der Waals surface area contributed by atoms with Crippen LogP contribution in [0.1, 0.15) is 20.8 Å². The van der Waals surface area contributed by atoms with Crippen molar-refractivity contribution in [2.45, 2.75) is 26.8 Å². The van der Waals surface area contributed by atoms with E-state index in [0.717, 1.165) is 11.8 Å². The Morgan fingerprint density at radius 1 is 1.52 bits per heavy atom. The van der Waals surface area contributed by atoms with Gasteiger partial charge < -0.3 is 15.4 Å². The monoisotopic (exact) mass is 336 g/mol. The second kappa shape index (κ2) is 8.00. The standard InChI is InChI=1S/C15H20N4O3S/c1-9(7-22-4)18-12(20)8-23-14-11(6-17)15(2,3)10(5-16)13(21)19-14/h9-10H,7-8H2,1-4H3,(H,18,20)(H,19,21). The van der Waals surface area contributed by atoms with Crippen molar-refractivity contribution in [3.05, 3.63) is 10.6 Å². The second-order valence-corrected chi connectivity index (χ2v) is 6.79. The van der Waals surface area contributed by atoms with Crippen molar-refractivity contribution in [2.75, 3.05) is 19.5 Å². The summed E-state index contributed by atoms with van der Waals surface area (Å²) in [4.78, 5) is 23.9. The number of carbonyl (C=O) groups is 2. The van der Waals surface area contributed by atoms with Crippen LogP contribution in [-0.4, -0.2) is 37.3 Å². The molecule has 0 saturated heterocycles. The average molecular weight is 336 g/mol. The number of nitriles is 2. The number of amides is 2. The van der Waals surface area contributed by atoms with Crippen molar-refractivity contribution < 1.29 is 14.3 Å². The third kappa shape index (κ3) is 4.47. The van der Waals surface area contributed by atoms with Crippen molar-refractivity contribution in [2.24, 2.45) is 11.3 Å². The lowest BCUT2D eigenvalue weighted by Gasteiger charge is -2.34. The molecule has 2 unspecified atom stereocenters. The highest BCUT2D eigenvalue weighted by atomic mass is 32.2. The van der Waals surface area contributed by atoms with Gasteiger partial charge >= 0.3 is 0 Å². The molecule has 0 aromatic heterocycles. The van der Waals surface area contributed by atoms with Gasteiger partial charge in [-0.15, -0.1) is 0 Å². The lowest BCUT2D eigenvalue weighted by molar-refractivity contribution is -0.125. The molecule has 0 spiro atoms. The summed E-state index contributed by atoms with van der Waals surface area (Å²) in [6.07, 6.45) is 0. The van der Waals surface area contributed by atoms with Gasteiger partial charge in [-0.1, -0.05) is 25.6 Å². The van der Waals surface area contributed by atoms with Gasteiger partial charge in [0.05, 0.1) is 35.1 Å². The van der Waals surface area contributed by atoms with Gasteiger partial charge in [0.25, 0.3) is 0 Å². The van der Waals surface area contributed by atoms with Gasteiger partial charge in [-0.3, -0.25) is 9.59 Å². The number of nitrogens with one attached hydrogen (secondary N) is 2. The van der Waals surface area contributed by atoms with Crippen molar-refractivity contribution >= 4 is 23.6 Å². The minimum absolute atomic E-state index is 0.0577. The van der Waals surface area contributed by atoms with E-state index in [1.165, 1.54) is 0 Å². The van der Waals surface area contributed by atoms with Crippen molar-refractivity contribution in [3.63, 3.8) is 0 Å². The summed E-state index contributed by atoms with van der Waals surface area (Å²) >= 11 is 1.08. The zero-order valence-electron chi connectivity index (χ0n) is 13.6. The predicted molar refractivity (Wildman–Crippen MR) is 85.6 cm³/mol. The Hall–Kier alpha value is -2.03. The smallest absolute Gasteiger partial charge is 0.243 e. The minimum Gasteiger partial charge on any atom is -0.383 e. The van der Waals surface area contributed by atoms with Gasteiger partial charge in [-0.05, 0) is 6.92 Å². The molecular formula is C15H20N4O3S. The molecule has 0 fully saturated rings. The summed E-state index contributed by atoms with van der Waals surface area (Å²) in [5, 5.41) is 24.2. The summed E-state index contributed by atoms with van der Waals surface area (Å²) in [6, 6.07) is 3.86. The molecule has 1 rings (SSSR count). The second-order valence-electron chi connectivity index (χ2n) is 5.80. The van der Waals surface area contributed by atoms with E-state index >= 15 is 0 Å². The molecule has 0 bridgehead atoms. The molecular weight excluding hydrogens is 316 g/mol. The molecule has 0 radical (unpaired) electrons. The van der Waals surface area contributed by atoms with E-state index in [1.807, 2.05) is 13.0 Å². The van der Waals surface area contributed by atoms with Crippen LogP contribution in [0.2, 0.25) is 0 Å². The van der Waals surface area contributed by atoms with Crippen LogP contribution < -0.4 is 10.6 Å². The van der Waals surface area contributed by atoms with Crippen LogP contribution in [0.25, 0.3) is 0 Å². The molecule has 0 aliphatic carbocycles. The van der Waals surface area contributed by atoms with Crippen LogP contribution in [0, 0.1) is 34.0 Å². The van der Waals surface area contributed by atoms with Crippen molar-refractivity contribution in [3.8, 4) is 12.1 Å². The van der Waals surface area contributed by atoms with E-state index < -0.39 is 17.2 Å². The van der Waals surface area contributed by atoms with Gasteiger partial charge in [0.1, 0.15) is 5.92 Å². The average Bonchev–Trinajstić information content (AvgIpc) is 2.44. The molecule has 2 amide bonds. The minimum atomic E-state index is -0.933. The maximum absolute atomic E-state index is 12.0. The number of hydrogen-bond donors (Lipinski definition) is 2. The normalized spacial score (nSPS) is 21.0. The number of rotatable bonds is 6. The van der Waals surface area contributed by atoms with Crippen molar-refractivity contribution in [1.82, 2.24) is 10.6 Å². The number of carbonyl (C=O) groups excluding carboxylic acids is 2. The summed E-state index contributed by atoms with van der Waals surface area (Å²) in [7, 11) is 1.55. The number of ether oxygens (including phenoxy) is 1. The Kier molecular flexibility index (Phi) is 6.62. The highest BCUT2D eigenvalue weighted by Crippen LogP contribution is 2.41. The molecule has 1 aliphatic rings. The molecule has 1 aliphatic heterocycles. The molecule has 23 heavy (non-hydrogen) atoms. The summed E-state index contributed by atoms with van der Waals surface area (Å²) in [6.45, 7) is 5.57. The van der Waals surface area contributed by atoms with E-state index in [4.69, 9.17) is 10.00 Å². The third-order valence-corrected chi connectivity index (χ3v) is 4.51. The van der Waals surface area contributed by atoms with E-state index in [0.29, 0.717) is 17.2 Å². The number of thioether (sulfide) groups is 1. The molecule has 2 atom stereocenters. The molecule has 2 N–H and O–H groups in total. The first kappa shape index (κ1) is 19.0. The predicted octanol–water partition coefficient (Wildman–Crippen LogP) is 0.902. The molecule has 7 nitrogen and oxygen atoms in total. The zero-order chi connectivity index (χ0) is 17.6. The fourth-order valence-electron chi connectivity index (χ4n) is 2.28. The molecule has 124 valence electrons. The largest absolute Gasteiger partial charge is 0.383 e. The van der Waals surface area contributed by atoms with E-state index in [2.05, 4.69) is 16.7 Å². The Morgan fingerprint density at radius 3 is 2.70 bits per heavy atom. The lowest BCUT2D eigenvalue weighted by atomic mass is 9.72. The van der Waals surface area contributed by atoms with Crippen LogP contribution in [0.3, 0.4) is 0 Å². The number of methoxy groups -OCH3 is 1. The van der Waals surface area contributed by atoms with Crippen LogP contribution in [0.4, 0.5) is 0 Å². The maximum atomic E-state index is 12.0. The fraction of sp³-hybridized carbons (Fsp3) is 0.600. The number of allylic oxidation sites excluding steroid dienone is 1. The fourth-order valence-corrected chi connectivity index (χ4v) is 3.26. The molecule has 0 aromatic carbocycles. The highest BCUT2D eigenvalue weighted by Gasteiger charge is 2.44. The first-order chi connectivity index (χ1) is 10.8. The molecule has 8 heteroatoms. The van der Waals surface area contributed by atoms with Crippen LogP contribution in [0.5, 0.6) is 0 Å². The Bertz CT molecular complexity index is 601. The summed E-state index contributed by atoms with van der Waals surface area (Å²) in [5.74, 6) is -1.55. The third-order valence-electron chi connectivity index (χ3n) is 3.50. The van der Waals surface area contributed by atoms with Gasteiger partial charge in [0.15, 0.2) is 0 Å². The summed E-state index contributed by atoms with van der Waals surface area (Å²) < 4.78 is 4.94.